The van der Waals surface area contributed by atoms with Gasteiger partial charge in [0.15, 0.2) is 0 Å². The number of nitrogens with one attached hydrogen (secondary N) is 1. The smallest absolute Gasteiger partial charge is 0.216 e. The molecule has 1 saturated heterocycles. The number of methoxy groups -OCH3 is 1. The largest absolute Gasteiger partial charge is 0.383 e. The standard InChI is InChI=1S/C17H28N2O3S/c1-15(14-22-2)23(20,21)18-11-17-9-6-10-19(13-17)12-16-7-4-3-5-8-16/h3-5,7-8,15,17-18H,6,9-14H2,1-2H3/t15-,17-/m0/s1. The Labute approximate surface area is 140 Å². The minimum atomic E-state index is -3.29. The first kappa shape index (κ1) is 18.4. The predicted molar refractivity (Wildman–Crippen MR) is 92.7 cm³/mol. The average Bonchev–Trinajstić information content (AvgIpc) is 2.55. The Bertz CT molecular complexity index is 562. The lowest BCUT2D eigenvalue weighted by molar-refractivity contribution is 0.168. The van der Waals surface area contributed by atoms with Crippen molar-refractivity contribution in [2.24, 2.45) is 5.92 Å². The number of hydrogen-bond donors (Lipinski definition) is 1. The van der Waals surface area contributed by atoms with Gasteiger partial charge in [-0.05, 0) is 37.8 Å². The highest BCUT2D eigenvalue weighted by Crippen LogP contribution is 2.18. The predicted octanol–water partition coefficient (Wildman–Crippen LogP) is 1.85. The van der Waals surface area contributed by atoms with Gasteiger partial charge >= 0.3 is 0 Å². The van der Waals surface area contributed by atoms with E-state index in [1.165, 1.54) is 12.7 Å². The topological polar surface area (TPSA) is 58.6 Å². The van der Waals surface area contributed by atoms with E-state index < -0.39 is 15.3 Å². The number of nitrogens with zero attached hydrogens (tertiary/aromatic N) is 1. The normalized spacial score (nSPS) is 21.2. The first-order valence-corrected chi connectivity index (χ1v) is 9.79. The van der Waals surface area contributed by atoms with E-state index in [4.69, 9.17) is 4.74 Å². The van der Waals surface area contributed by atoms with Gasteiger partial charge in [-0.15, -0.1) is 0 Å². The lowest BCUT2D eigenvalue weighted by Crippen LogP contribution is -2.43. The van der Waals surface area contributed by atoms with Gasteiger partial charge in [-0.3, -0.25) is 4.90 Å². The number of piperidine rings is 1. The molecule has 2 rings (SSSR count). The van der Waals surface area contributed by atoms with Crippen LogP contribution in [0.15, 0.2) is 30.3 Å². The molecular formula is C17H28N2O3S. The van der Waals surface area contributed by atoms with Gasteiger partial charge < -0.3 is 4.74 Å². The van der Waals surface area contributed by atoms with Gasteiger partial charge in [-0.1, -0.05) is 30.3 Å². The summed E-state index contributed by atoms with van der Waals surface area (Å²) in [5.74, 6) is 0.372. The fraction of sp³-hybridized carbons (Fsp3) is 0.647. The zero-order valence-corrected chi connectivity index (χ0v) is 14.9. The molecule has 0 amide bonds. The lowest BCUT2D eigenvalue weighted by atomic mass is 9.98. The summed E-state index contributed by atoms with van der Waals surface area (Å²) in [5, 5.41) is -0.517. The van der Waals surface area contributed by atoms with Gasteiger partial charge in [0, 0.05) is 26.7 Å². The van der Waals surface area contributed by atoms with Crippen LogP contribution in [0.3, 0.4) is 0 Å². The summed E-state index contributed by atoms with van der Waals surface area (Å²) in [6.45, 7) is 5.37. The summed E-state index contributed by atoms with van der Waals surface area (Å²) < 4.78 is 32.0. The molecule has 5 nitrogen and oxygen atoms in total. The molecule has 6 heteroatoms. The first-order valence-electron chi connectivity index (χ1n) is 8.25. The van der Waals surface area contributed by atoms with Crippen molar-refractivity contribution in [3.8, 4) is 0 Å². The third kappa shape index (κ3) is 5.88. The molecule has 1 N–H and O–H groups in total. The van der Waals surface area contributed by atoms with Crippen molar-refractivity contribution < 1.29 is 13.2 Å². The summed E-state index contributed by atoms with van der Waals surface area (Å²) in [6, 6.07) is 10.4. The second kappa shape index (κ2) is 8.78. The van der Waals surface area contributed by atoms with E-state index in [1.54, 1.807) is 6.92 Å². The molecule has 1 aliphatic heterocycles. The number of benzene rings is 1. The molecule has 0 bridgehead atoms. The van der Waals surface area contributed by atoms with Crippen LogP contribution >= 0.6 is 0 Å². The third-order valence-corrected chi connectivity index (χ3v) is 6.12. The van der Waals surface area contributed by atoms with E-state index in [0.29, 0.717) is 12.5 Å². The lowest BCUT2D eigenvalue weighted by Gasteiger charge is -2.33. The fourth-order valence-electron chi connectivity index (χ4n) is 3.00. The minimum absolute atomic E-state index is 0.222. The van der Waals surface area contributed by atoms with Crippen molar-refractivity contribution in [1.29, 1.82) is 0 Å². The first-order chi connectivity index (χ1) is 11.0. The second-order valence-corrected chi connectivity index (χ2v) is 8.57. The van der Waals surface area contributed by atoms with Crippen molar-refractivity contribution >= 4 is 10.0 Å². The highest BCUT2D eigenvalue weighted by molar-refractivity contribution is 7.90. The Kier molecular flexibility index (Phi) is 7.02. The maximum atomic E-state index is 12.1. The Morgan fingerprint density at radius 2 is 2.09 bits per heavy atom. The maximum Gasteiger partial charge on any atom is 0.216 e. The maximum absolute atomic E-state index is 12.1. The molecule has 0 unspecified atom stereocenters. The van der Waals surface area contributed by atoms with E-state index in [2.05, 4.69) is 33.9 Å². The molecule has 0 spiro atoms. The Morgan fingerprint density at radius 3 is 2.78 bits per heavy atom. The van der Waals surface area contributed by atoms with Crippen LogP contribution in [0, 0.1) is 5.92 Å². The monoisotopic (exact) mass is 340 g/mol. The number of sulfonamides is 1. The SMILES string of the molecule is COC[C@H](C)S(=O)(=O)NC[C@@H]1CCCN(Cc2ccccc2)C1. The fourth-order valence-corrected chi connectivity index (χ4v) is 4.07. The van der Waals surface area contributed by atoms with Crippen molar-refractivity contribution in [2.45, 2.75) is 31.6 Å². The van der Waals surface area contributed by atoms with Crippen LogP contribution in [-0.2, 0) is 21.3 Å². The number of hydrogen-bond acceptors (Lipinski definition) is 4. The molecule has 0 saturated carbocycles. The van der Waals surface area contributed by atoms with Crippen LogP contribution in [0.4, 0.5) is 0 Å². The number of rotatable bonds is 8. The molecule has 0 aromatic heterocycles. The number of ether oxygens (including phenoxy) is 1. The van der Waals surface area contributed by atoms with E-state index in [-0.39, 0.29) is 6.61 Å². The Morgan fingerprint density at radius 1 is 1.35 bits per heavy atom. The van der Waals surface area contributed by atoms with E-state index in [0.717, 1.165) is 32.5 Å². The van der Waals surface area contributed by atoms with Crippen LogP contribution < -0.4 is 4.72 Å². The molecule has 23 heavy (non-hydrogen) atoms. The Hall–Kier alpha value is -0.950. The van der Waals surface area contributed by atoms with Gasteiger partial charge in [0.1, 0.15) is 0 Å². The summed E-state index contributed by atoms with van der Waals surface area (Å²) in [6.07, 6.45) is 2.19. The molecule has 1 aromatic carbocycles. The van der Waals surface area contributed by atoms with Gasteiger partial charge in [0.05, 0.1) is 11.9 Å². The summed E-state index contributed by atoms with van der Waals surface area (Å²) in [5.41, 5.74) is 1.31. The summed E-state index contributed by atoms with van der Waals surface area (Å²) in [4.78, 5) is 2.41. The van der Waals surface area contributed by atoms with Crippen LogP contribution in [0.2, 0.25) is 0 Å². The quantitative estimate of drug-likeness (QED) is 0.785. The van der Waals surface area contributed by atoms with Gasteiger partial charge in [-0.2, -0.15) is 0 Å². The van der Waals surface area contributed by atoms with Crippen molar-refractivity contribution in [3.63, 3.8) is 0 Å². The molecule has 0 aliphatic carbocycles. The van der Waals surface area contributed by atoms with Crippen molar-refractivity contribution in [2.75, 3.05) is 33.4 Å². The minimum Gasteiger partial charge on any atom is -0.383 e. The van der Waals surface area contributed by atoms with Crippen LogP contribution in [0.25, 0.3) is 0 Å². The molecule has 1 heterocycles. The second-order valence-electron chi connectivity index (χ2n) is 6.39. The van der Waals surface area contributed by atoms with Gasteiger partial charge in [-0.25, -0.2) is 13.1 Å². The zero-order chi connectivity index (χ0) is 16.7. The zero-order valence-electron chi connectivity index (χ0n) is 14.1. The molecule has 1 fully saturated rings. The van der Waals surface area contributed by atoms with E-state index >= 15 is 0 Å². The average molecular weight is 340 g/mol. The number of likely N-dealkylation sites (tertiary alicyclic amines) is 1. The molecule has 1 aliphatic rings. The highest BCUT2D eigenvalue weighted by atomic mass is 32.2. The van der Waals surface area contributed by atoms with Crippen molar-refractivity contribution in [3.05, 3.63) is 35.9 Å². The van der Waals surface area contributed by atoms with Gasteiger partial charge in [0.2, 0.25) is 10.0 Å². The van der Waals surface area contributed by atoms with Crippen molar-refractivity contribution in [1.82, 2.24) is 9.62 Å². The molecule has 1 aromatic rings. The summed E-state index contributed by atoms with van der Waals surface area (Å²) >= 11 is 0. The molecule has 2 atom stereocenters. The molecule has 0 radical (unpaired) electrons. The van der Waals surface area contributed by atoms with Crippen LogP contribution in [0.5, 0.6) is 0 Å². The molecule has 130 valence electrons. The van der Waals surface area contributed by atoms with Crippen LogP contribution in [-0.4, -0.2) is 51.9 Å². The van der Waals surface area contributed by atoms with Crippen LogP contribution in [0.1, 0.15) is 25.3 Å². The third-order valence-electron chi connectivity index (χ3n) is 4.36. The molecular weight excluding hydrogens is 312 g/mol. The highest BCUT2D eigenvalue weighted by Gasteiger charge is 2.24. The summed E-state index contributed by atoms with van der Waals surface area (Å²) in [7, 11) is -1.77. The Balaban J connectivity index is 1.82. The van der Waals surface area contributed by atoms with E-state index in [9.17, 15) is 8.42 Å². The van der Waals surface area contributed by atoms with Gasteiger partial charge in [0.25, 0.3) is 0 Å². The van der Waals surface area contributed by atoms with E-state index in [1.807, 2.05) is 6.07 Å².